The van der Waals surface area contributed by atoms with E-state index in [0.717, 1.165) is 5.56 Å². The van der Waals surface area contributed by atoms with Crippen LogP contribution in [0, 0.1) is 6.92 Å². The van der Waals surface area contributed by atoms with Crippen LogP contribution in [0.2, 0.25) is 0 Å². The summed E-state index contributed by atoms with van der Waals surface area (Å²) >= 11 is 0. The van der Waals surface area contributed by atoms with E-state index in [9.17, 15) is 9.59 Å². The van der Waals surface area contributed by atoms with Gasteiger partial charge < -0.3 is 15.4 Å². The summed E-state index contributed by atoms with van der Waals surface area (Å²) < 4.78 is 5.29. The summed E-state index contributed by atoms with van der Waals surface area (Å²) in [4.78, 5) is 26.0. The van der Waals surface area contributed by atoms with E-state index in [0.29, 0.717) is 26.1 Å². The molecule has 7 nitrogen and oxygen atoms in total. The first-order valence-corrected chi connectivity index (χ1v) is 8.35. The van der Waals surface area contributed by atoms with E-state index in [1.54, 1.807) is 0 Å². The molecule has 3 N–H and O–H groups in total. The maximum absolute atomic E-state index is 12.4. The first-order chi connectivity index (χ1) is 11.5. The van der Waals surface area contributed by atoms with Crippen LogP contribution in [-0.4, -0.2) is 42.5 Å². The third kappa shape index (κ3) is 3.68. The third-order valence-corrected chi connectivity index (χ3v) is 4.52. The maximum Gasteiger partial charge on any atom is 0.328 e. The Morgan fingerprint density at radius 1 is 1.12 bits per heavy atom. The fourth-order valence-corrected chi connectivity index (χ4v) is 3.07. The lowest BCUT2D eigenvalue weighted by Crippen LogP contribution is -2.70. The van der Waals surface area contributed by atoms with Gasteiger partial charge in [0.25, 0.3) is 0 Å². The molecule has 1 atom stereocenters. The Balaban J connectivity index is 1.60. The standard InChI is InChI=1S/C17H24N4O3/c1-11-3-5-13(6-4-11)12(2)18-15-19-16(22)21(17(23)20-15)14-7-9-24-10-8-14/h3-6,12,14-15,18H,7-10H2,1-2H3,(H,19,22)(H,20,23). The molecule has 2 aliphatic rings. The van der Waals surface area contributed by atoms with Gasteiger partial charge >= 0.3 is 12.1 Å². The normalized spacial score (nSPS) is 21.3. The molecule has 1 aromatic rings. The molecule has 3 rings (SSSR count). The summed E-state index contributed by atoms with van der Waals surface area (Å²) in [6, 6.07) is 7.32. The molecule has 4 amide bonds. The number of nitrogens with zero attached hydrogens (tertiary/aromatic N) is 1. The first-order valence-electron chi connectivity index (χ1n) is 8.35. The number of hydrogen-bond acceptors (Lipinski definition) is 4. The van der Waals surface area contributed by atoms with Crippen LogP contribution in [0.25, 0.3) is 0 Å². The monoisotopic (exact) mass is 332 g/mol. The minimum atomic E-state index is -0.586. The average Bonchev–Trinajstić information content (AvgIpc) is 2.55. The van der Waals surface area contributed by atoms with Crippen molar-refractivity contribution in [2.45, 2.75) is 45.1 Å². The minimum Gasteiger partial charge on any atom is -0.381 e. The Bertz CT molecular complexity index is 580. The first kappa shape index (κ1) is 16.7. The van der Waals surface area contributed by atoms with Gasteiger partial charge in [-0.15, -0.1) is 0 Å². The highest BCUT2D eigenvalue weighted by Crippen LogP contribution is 2.18. The van der Waals surface area contributed by atoms with Gasteiger partial charge in [0.15, 0.2) is 6.29 Å². The molecule has 0 aromatic heterocycles. The minimum absolute atomic E-state index is 0.00849. The number of nitrogens with one attached hydrogen (secondary N) is 3. The molecule has 2 fully saturated rings. The van der Waals surface area contributed by atoms with Gasteiger partial charge in [-0.3, -0.25) is 5.32 Å². The summed E-state index contributed by atoms with van der Waals surface area (Å²) in [5.74, 6) is 0. The number of urea groups is 2. The van der Waals surface area contributed by atoms with Crippen molar-refractivity contribution in [2.75, 3.05) is 13.2 Å². The topological polar surface area (TPSA) is 82.7 Å². The van der Waals surface area contributed by atoms with E-state index in [1.165, 1.54) is 10.5 Å². The summed E-state index contributed by atoms with van der Waals surface area (Å²) in [5, 5.41) is 8.84. The van der Waals surface area contributed by atoms with Crippen molar-refractivity contribution in [3.8, 4) is 0 Å². The molecule has 1 unspecified atom stereocenters. The predicted molar refractivity (Wildman–Crippen MR) is 89.3 cm³/mol. The van der Waals surface area contributed by atoms with E-state index < -0.39 is 6.29 Å². The fourth-order valence-electron chi connectivity index (χ4n) is 3.07. The molecule has 130 valence electrons. The van der Waals surface area contributed by atoms with Crippen LogP contribution in [0.5, 0.6) is 0 Å². The second-order valence-corrected chi connectivity index (χ2v) is 6.34. The quantitative estimate of drug-likeness (QED) is 0.786. The summed E-state index contributed by atoms with van der Waals surface area (Å²) in [6.07, 6.45) is 0.773. The molecule has 0 saturated carbocycles. The number of carbonyl (C=O) groups excluding carboxylic acids is 2. The number of carbonyl (C=O) groups is 2. The highest BCUT2D eigenvalue weighted by molar-refractivity contribution is 5.96. The summed E-state index contributed by atoms with van der Waals surface area (Å²) in [5.41, 5.74) is 2.29. The molecule has 2 heterocycles. The highest BCUT2D eigenvalue weighted by Gasteiger charge is 2.37. The highest BCUT2D eigenvalue weighted by atomic mass is 16.5. The SMILES string of the molecule is Cc1ccc(C(C)NC2NC(=O)N(C3CCOCC3)C(=O)N2)cc1. The molecule has 2 saturated heterocycles. The predicted octanol–water partition coefficient (Wildman–Crippen LogP) is 1.84. The molecular formula is C17H24N4O3. The number of imide groups is 1. The van der Waals surface area contributed by atoms with Gasteiger partial charge in [0.1, 0.15) is 0 Å². The Labute approximate surface area is 141 Å². The van der Waals surface area contributed by atoms with E-state index in [4.69, 9.17) is 4.74 Å². The van der Waals surface area contributed by atoms with Crippen molar-refractivity contribution in [2.24, 2.45) is 0 Å². The van der Waals surface area contributed by atoms with Crippen molar-refractivity contribution >= 4 is 12.1 Å². The Hall–Kier alpha value is -2.12. The van der Waals surface area contributed by atoms with Crippen LogP contribution < -0.4 is 16.0 Å². The number of benzene rings is 1. The molecule has 0 spiro atoms. The molecular weight excluding hydrogens is 308 g/mol. The Kier molecular flexibility index (Phi) is 5.01. The van der Waals surface area contributed by atoms with Crippen LogP contribution in [-0.2, 0) is 4.74 Å². The number of rotatable bonds is 4. The lowest BCUT2D eigenvalue weighted by Gasteiger charge is -2.39. The van der Waals surface area contributed by atoms with E-state index >= 15 is 0 Å². The molecule has 0 aliphatic carbocycles. The second kappa shape index (κ2) is 7.19. The van der Waals surface area contributed by atoms with Crippen LogP contribution >= 0.6 is 0 Å². The van der Waals surface area contributed by atoms with Crippen LogP contribution in [0.15, 0.2) is 24.3 Å². The van der Waals surface area contributed by atoms with Gasteiger partial charge in [-0.25, -0.2) is 14.5 Å². The van der Waals surface area contributed by atoms with E-state index in [-0.39, 0.29) is 24.1 Å². The van der Waals surface area contributed by atoms with Gasteiger partial charge in [0.05, 0.1) is 0 Å². The second-order valence-electron chi connectivity index (χ2n) is 6.34. The number of aryl methyl sites for hydroxylation is 1. The third-order valence-electron chi connectivity index (χ3n) is 4.52. The maximum atomic E-state index is 12.4. The molecule has 0 radical (unpaired) electrons. The average molecular weight is 332 g/mol. The van der Waals surface area contributed by atoms with Gasteiger partial charge in [0, 0.05) is 25.3 Å². The lowest BCUT2D eigenvalue weighted by molar-refractivity contribution is 0.0492. The molecule has 24 heavy (non-hydrogen) atoms. The zero-order valence-corrected chi connectivity index (χ0v) is 14.0. The Morgan fingerprint density at radius 3 is 2.29 bits per heavy atom. The zero-order chi connectivity index (χ0) is 17.1. The lowest BCUT2D eigenvalue weighted by atomic mass is 10.1. The van der Waals surface area contributed by atoms with E-state index in [2.05, 4.69) is 16.0 Å². The molecule has 7 heteroatoms. The van der Waals surface area contributed by atoms with Gasteiger partial charge in [-0.05, 0) is 32.3 Å². The molecule has 0 bridgehead atoms. The summed E-state index contributed by atoms with van der Waals surface area (Å²) in [6.45, 7) is 5.18. The van der Waals surface area contributed by atoms with Crippen LogP contribution in [0.3, 0.4) is 0 Å². The molecule has 1 aromatic carbocycles. The smallest absolute Gasteiger partial charge is 0.328 e. The fraction of sp³-hybridized carbons (Fsp3) is 0.529. The van der Waals surface area contributed by atoms with Crippen molar-refractivity contribution in [3.05, 3.63) is 35.4 Å². The van der Waals surface area contributed by atoms with Crippen molar-refractivity contribution in [1.82, 2.24) is 20.9 Å². The summed E-state index contributed by atoms with van der Waals surface area (Å²) in [7, 11) is 0. The number of hydrogen-bond donors (Lipinski definition) is 3. The molecule has 2 aliphatic heterocycles. The number of ether oxygens (including phenoxy) is 1. The van der Waals surface area contributed by atoms with Crippen LogP contribution in [0.1, 0.15) is 36.9 Å². The van der Waals surface area contributed by atoms with Gasteiger partial charge in [-0.2, -0.15) is 0 Å². The van der Waals surface area contributed by atoms with Crippen molar-refractivity contribution in [3.63, 3.8) is 0 Å². The van der Waals surface area contributed by atoms with E-state index in [1.807, 2.05) is 38.1 Å². The largest absolute Gasteiger partial charge is 0.381 e. The zero-order valence-electron chi connectivity index (χ0n) is 14.0. The van der Waals surface area contributed by atoms with Crippen molar-refractivity contribution < 1.29 is 14.3 Å². The Morgan fingerprint density at radius 2 is 1.71 bits per heavy atom. The van der Waals surface area contributed by atoms with Crippen LogP contribution in [0.4, 0.5) is 9.59 Å². The van der Waals surface area contributed by atoms with Gasteiger partial charge in [0.2, 0.25) is 0 Å². The number of amides is 4. The van der Waals surface area contributed by atoms with Gasteiger partial charge in [-0.1, -0.05) is 29.8 Å². The van der Waals surface area contributed by atoms with Crippen molar-refractivity contribution in [1.29, 1.82) is 0 Å².